The number of aromatic carboxylic acids is 1. The first-order chi connectivity index (χ1) is 8.97. The van der Waals surface area contributed by atoms with Crippen LogP contribution < -0.4 is 10.6 Å². The number of anilines is 1. The van der Waals surface area contributed by atoms with Crippen molar-refractivity contribution in [3.63, 3.8) is 0 Å². The molecule has 2 rings (SSSR count). The largest absolute Gasteiger partial charge is 0.478 e. The third-order valence-corrected chi connectivity index (χ3v) is 2.69. The Balaban J connectivity index is 2.07. The molecule has 5 nitrogen and oxygen atoms in total. The van der Waals surface area contributed by atoms with Gasteiger partial charge in [-0.25, -0.2) is 13.6 Å². The lowest BCUT2D eigenvalue weighted by Gasteiger charge is -2.08. The van der Waals surface area contributed by atoms with Crippen molar-refractivity contribution in [1.29, 1.82) is 0 Å². The zero-order chi connectivity index (χ0) is 14.0. The molecule has 0 atom stereocenters. The fraction of sp³-hybridized carbons (Fsp3) is 0.333. The summed E-state index contributed by atoms with van der Waals surface area (Å²) in [5, 5.41) is 13.8. The van der Waals surface area contributed by atoms with Gasteiger partial charge in [0.15, 0.2) is 0 Å². The van der Waals surface area contributed by atoms with Crippen LogP contribution >= 0.6 is 0 Å². The third kappa shape index (κ3) is 3.47. The molecule has 102 valence electrons. The highest BCUT2D eigenvalue weighted by molar-refractivity contribution is 5.95. The number of carboxylic acid groups (broad SMARTS) is 1. The van der Waals surface area contributed by atoms with E-state index in [-0.39, 0.29) is 12.2 Å². The molecule has 1 fully saturated rings. The Bertz CT molecular complexity index is 530. The summed E-state index contributed by atoms with van der Waals surface area (Å²) in [5.74, 6) is -4.22. The molecule has 1 aliphatic carbocycles. The summed E-state index contributed by atoms with van der Waals surface area (Å²) in [7, 11) is 0. The van der Waals surface area contributed by atoms with E-state index >= 15 is 0 Å². The van der Waals surface area contributed by atoms with Gasteiger partial charge < -0.3 is 15.7 Å². The molecule has 0 aromatic heterocycles. The first kappa shape index (κ1) is 13.4. The van der Waals surface area contributed by atoms with Crippen LogP contribution in [0.3, 0.4) is 0 Å². The monoisotopic (exact) mass is 270 g/mol. The molecule has 7 heteroatoms. The molecule has 0 heterocycles. The number of nitrogens with one attached hydrogen (secondary N) is 2. The van der Waals surface area contributed by atoms with Gasteiger partial charge in [0, 0.05) is 12.1 Å². The first-order valence-corrected chi connectivity index (χ1v) is 5.73. The summed E-state index contributed by atoms with van der Waals surface area (Å²) in [6, 6.07) is 1.52. The number of carbonyl (C=O) groups is 2. The molecule has 1 aromatic rings. The van der Waals surface area contributed by atoms with Gasteiger partial charge in [0.2, 0.25) is 5.91 Å². The van der Waals surface area contributed by atoms with Crippen molar-refractivity contribution >= 4 is 17.6 Å². The average molecular weight is 270 g/mol. The molecule has 0 saturated heterocycles. The SMILES string of the molecule is O=C(CNC1CC1)Nc1cc(C(=O)O)c(F)cc1F. The normalized spacial score (nSPS) is 14.2. The van der Waals surface area contributed by atoms with E-state index < -0.39 is 29.1 Å². The number of carbonyl (C=O) groups excluding carboxylic acids is 1. The Kier molecular flexibility index (Phi) is 3.75. The summed E-state index contributed by atoms with van der Waals surface area (Å²) < 4.78 is 26.5. The molecular formula is C12H12F2N2O3. The highest BCUT2D eigenvalue weighted by atomic mass is 19.1. The predicted octanol–water partition coefficient (Wildman–Crippen LogP) is 1.35. The van der Waals surface area contributed by atoms with Crippen molar-refractivity contribution in [3.8, 4) is 0 Å². The quantitative estimate of drug-likeness (QED) is 0.754. The van der Waals surface area contributed by atoms with E-state index in [9.17, 15) is 18.4 Å². The van der Waals surface area contributed by atoms with Crippen molar-refractivity contribution in [1.82, 2.24) is 5.32 Å². The van der Waals surface area contributed by atoms with Gasteiger partial charge in [0.05, 0.1) is 17.8 Å². The standard InChI is InChI=1S/C12H12F2N2O3/c13-8-4-9(14)10(3-7(8)12(18)19)16-11(17)5-15-6-1-2-6/h3-4,6,15H,1-2,5H2,(H,16,17)(H,18,19). The van der Waals surface area contributed by atoms with Crippen LogP contribution in [0.2, 0.25) is 0 Å². The summed E-state index contributed by atoms with van der Waals surface area (Å²) in [6.45, 7) is 0.00386. The number of halogens is 2. The van der Waals surface area contributed by atoms with Gasteiger partial charge >= 0.3 is 5.97 Å². The van der Waals surface area contributed by atoms with E-state index in [4.69, 9.17) is 5.11 Å². The smallest absolute Gasteiger partial charge is 0.338 e. The van der Waals surface area contributed by atoms with Gasteiger partial charge in [-0.05, 0) is 18.9 Å². The Hall–Kier alpha value is -2.02. The summed E-state index contributed by atoms with van der Waals surface area (Å²) in [4.78, 5) is 22.2. The Morgan fingerprint density at radius 3 is 2.53 bits per heavy atom. The van der Waals surface area contributed by atoms with E-state index in [0.29, 0.717) is 12.1 Å². The minimum atomic E-state index is -1.52. The molecule has 1 amide bonds. The number of amides is 1. The van der Waals surface area contributed by atoms with Gasteiger partial charge in [0.25, 0.3) is 0 Å². The Morgan fingerprint density at radius 1 is 1.26 bits per heavy atom. The molecular weight excluding hydrogens is 258 g/mol. The molecule has 0 bridgehead atoms. The minimum Gasteiger partial charge on any atom is -0.478 e. The van der Waals surface area contributed by atoms with Gasteiger partial charge in [-0.3, -0.25) is 4.79 Å². The molecule has 0 aliphatic heterocycles. The maximum atomic E-state index is 13.4. The molecule has 1 saturated carbocycles. The summed E-state index contributed by atoms with van der Waals surface area (Å²) in [6.07, 6.45) is 2.00. The lowest BCUT2D eigenvalue weighted by atomic mass is 10.2. The molecule has 1 aromatic carbocycles. The van der Waals surface area contributed by atoms with Crippen molar-refractivity contribution in [2.75, 3.05) is 11.9 Å². The second-order valence-electron chi connectivity index (χ2n) is 4.32. The van der Waals surface area contributed by atoms with Crippen LogP contribution in [0.25, 0.3) is 0 Å². The maximum Gasteiger partial charge on any atom is 0.338 e. The van der Waals surface area contributed by atoms with Crippen molar-refractivity contribution < 1.29 is 23.5 Å². The van der Waals surface area contributed by atoms with Crippen LogP contribution in [0, 0.1) is 11.6 Å². The summed E-state index contributed by atoms with van der Waals surface area (Å²) >= 11 is 0. The van der Waals surface area contributed by atoms with Gasteiger partial charge in [-0.2, -0.15) is 0 Å². The maximum absolute atomic E-state index is 13.4. The second-order valence-corrected chi connectivity index (χ2v) is 4.32. The fourth-order valence-corrected chi connectivity index (χ4v) is 1.53. The highest BCUT2D eigenvalue weighted by Gasteiger charge is 2.22. The third-order valence-electron chi connectivity index (χ3n) is 2.69. The number of rotatable bonds is 5. The van der Waals surface area contributed by atoms with Crippen molar-refractivity contribution in [2.24, 2.45) is 0 Å². The first-order valence-electron chi connectivity index (χ1n) is 5.73. The highest BCUT2D eigenvalue weighted by Crippen LogP contribution is 2.20. The lowest BCUT2D eigenvalue weighted by molar-refractivity contribution is -0.115. The van der Waals surface area contributed by atoms with Crippen LogP contribution in [-0.2, 0) is 4.79 Å². The Morgan fingerprint density at radius 2 is 1.95 bits per heavy atom. The van der Waals surface area contributed by atoms with E-state index in [0.717, 1.165) is 18.9 Å². The zero-order valence-corrected chi connectivity index (χ0v) is 9.87. The molecule has 19 heavy (non-hydrogen) atoms. The molecule has 0 radical (unpaired) electrons. The van der Waals surface area contributed by atoms with Crippen LogP contribution in [0.4, 0.5) is 14.5 Å². The Labute approximate surface area is 107 Å². The van der Waals surface area contributed by atoms with Crippen molar-refractivity contribution in [3.05, 3.63) is 29.3 Å². The number of benzene rings is 1. The lowest BCUT2D eigenvalue weighted by Crippen LogP contribution is -2.29. The number of hydrogen-bond donors (Lipinski definition) is 3. The zero-order valence-electron chi connectivity index (χ0n) is 9.87. The number of carboxylic acids is 1. The van der Waals surface area contributed by atoms with Gasteiger partial charge in [-0.1, -0.05) is 0 Å². The fourth-order valence-electron chi connectivity index (χ4n) is 1.53. The molecule has 3 N–H and O–H groups in total. The summed E-state index contributed by atoms with van der Waals surface area (Å²) in [5.41, 5.74) is -1.03. The van der Waals surface area contributed by atoms with Gasteiger partial charge in [-0.15, -0.1) is 0 Å². The van der Waals surface area contributed by atoms with E-state index in [1.54, 1.807) is 0 Å². The topological polar surface area (TPSA) is 78.4 Å². The average Bonchev–Trinajstić information content (AvgIpc) is 3.13. The van der Waals surface area contributed by atoms with E-state index in [1.165, 1.54) is 0 Å². The number of hydrogen-bond acceptors (Lipinski definition) is 3. The second kappa shape index (κ2) is 5.31. The van der Waals surface area contributed by atoms with E-state index in [1.807, 2.05) is 0 Å². The molecule has 1 aliphatic rings. The minimum absolute atomic E-state index is 0.00386. The van der Waals surface area contributed by atoms with Crippen molar-refractivity contribution in [2.45, 2.75) is 18.9 Å². The molecule has 0 unspecified atom stereocenters. The van der Waals surface area contributed by atoms with Crippen LogP contribution in [0.1, 0.15) is 23.2 Å². The molecule has 0 spiro atoms. The predicted molar refractivity (Wildman–Crippen MR) is 63.0 cm³/mol. The van der Waals surface area contributed by atoms with Crippen LogP contribution in [0.15, 0.2) is 12.1 Å². The van der Waals surface area contributed by atoms with E-state index in [2.05, 4.69) is 10.6 Å². The van der Waals surface area contributed by atoms with Gasteiger partial charge in [0.1, 0.15) is 11.6 Å². The van der Waals surface area contributed by atoms with Crippen LogP contribution in [0.5, 0.6) is 0 Å². The van der Waals surface area contributed by atoms with Crippen LogP contribution in [-0.4, -0.2) is 29.6 Å².